The molecular weight excluding hydrogens is 438 g/mol. The van der Waals surface area contributed by atoms with Crippen LogP contribution >= 0.6 is 0 Å². The van der Waals surface area contributed by atoms with Crippen molar-refractivity contribution in [1.82, 2.24) is 9.78 Å². The van der Waals surface area contributed by atoms with E-state index in [2.05, 4.69) is 16.5 Å². The number of hydrogen-bond acceptors (Lipinski definition) is 7. The van der Waals surface area contributed by atoms with Crippen molar-refractivity contribution < 1.29 is 28.2 Å². The average Bonchev–Trinajstić information content (AvgIpc) is 3.57. The molecule has 2 aromatic heterocycles. The van der Waals surface area contributed by atoms with Gasteiger partial charge < -0.3 is 28.7 Å². The molecule has 9 heteroatoms. The Hall–Kier alpha value is -4.40. The van der Waals surface area contributed by atoms with Crippen LogP contribution in [0.4, 0.5) is 5.69 Å². The van der Waals surface area contributed by atoms with Crippen molar-refractivity contribution in [3.05, 3.63) is 83.6 Å². The Kier molecular flexibility index (Phi) is 5.82. The van der Waals surface area contributed by atoms with E-state index in [4.69, 9.17) is 23.4 Å². The van der Waals surface area contributed by atoms with E-state index in [0.717, 1.165) is 11.3 Å². The molecule has 4 aromatic rings. The molecule has 34 heavy (non-hydrogen) atoms. The van der Waals surface area contributed by atoms with Crippen molar-refractivity contribution in [3.8, 4) is 23.0 Å². The van der Waals surface area contributed by atoms with Crippen molar-refractivity contribution in [2.24, 2.45) is 0 Å². The molecule has 0 spiro atoms. The first-order valence-corrected chi connectivity index (χ1v) is 10.7. The third-order valence-electron chi connectivity index (χ3n) is 5.18. The highest BCUT2D eigenvalue weighted by Gasteiger charge is 2.15. The predicted molar refractivity (Wildman–Crippen MR) is 122 cm³/mol. The van der Waals surface area contributed by atoms with Crippen LogP contribution in [0.25, 0.3) is 0 Å². The van der Waals surface area contributed by atoms with Crippen LogP contribution in [0.2, 0.25) is 0 Å². The molecule has 174 valence electrons. The van der Waals surface area contributed by atoms with Crippen LogP contribution < -0.4 is 24.3 Å². The fourth-order valence-electron chi connectivity index (χ4n) is 3.49. The van der Waals surface area contributed by atoms with Crippen LogP contribution in [0.3, 0.4) is 0 Å². The van der Waals surface area contributed by atoms with Gasteiger partial charge >= 0.3 is 0 Å². The number of aromatic nitrogens is 2. The lowest BCUT2D eigenvalue weighted by molar-refractivity contribution is 0.0992. The second-order valence-corrected chi connectivity index (χ2v) is 7.83. The van der Waals surface area contributed by atoms with Gasteiger partial charge in [0.05, 0.1) is 18.1 Å². The van der Waals surface area contributed by atoms with E-state index in [-0.39, 0.29) is 31.8 Å². The number of aryl methyl sites for hydroxylation is 2. The van der Waals surface area contributed by atoms with Gasteiger partial charge in [0.25, 0.3) is 5.91 Å². The molecule has 1 aliphatic rings. The van der Waals surface area contributed by atoms with E-state index in [1.54, 1.807) is 47.4 Å². The zero-order chi connectivity index (χ0) is 23.5. The number of benzene rings is 2. The highest BCUT2D eigenvalue weighted by molar-refractivity contribution is 6.02. The standard InChI is InChI=1S/C25H23N3O6/c1-16-3-6-21(17(2)9-16)31-14-28-12-18(11-26-28)27-25(29)23-8-5-20(34-23)13-30-19-4-7-22-24(10-19)33-15-32-22/h3-12H,13-15H2,1-2H3,(H,27,29). The lowest BCUT2D eigenvalue weighted by Crippen LogP contribution is -2.10. The van der Waals surface area contributed by atoms with Crippen LogP contribution in [-0.4, -0.2) is 22.5 Å². The maximum absolute atomic E-state index is 12.6. The largest absolute Gasteiger partial charge is 0.486 e. The van der Waals surface area contributed by atoms with Crippen molar-refractivity contribution >= 4 is 11.6 Å². The molecule has 0 unspecified atom stereocenters. The summed E-state index contributed by atoms with van der Waals surface area (Å²) in [7, 11) is 0. The van der Waals surface area contributed by atoms with Gasteiger partial charge in [0, 0.05) is 6.07 Å². The number of amides is 1. The van der Waals surface area contributed by atoms with Gasteiger partial charge in [-0.2, -0.15) is 5.10 Å². The second-order valence-electron chi connectivity index (χ2n) is 7.83. The number of fused-ring (bicyclic) bond motifs is 1. The second kappa shape index (κ2) is 9.22. The number of anilines is 1. The summed E-state index contributed by atoms with van der Waals surface area (Å²) in [6.07, 6.45) is 3.24. The van der Waals surface area contributed by atoms with Crippen LogP contribution in [0.5, 0.6) is 23.0 Å². The highest BCUT2D eigenvalue weighted by atomic mass is 16.7. The average molecular weight is 461 g/mol. The molecular formula is C25H23N3O6. The maximum Gasteiger partial charge on any atom is 0.291 e. The fraction of sp³-hybridized carbons (Fsp3) is 0.200. The third-order valence-corrected chi connectivity index (χ3v) is 5.18. The van der Waals surface area contributed by atoms with E-state index in [1.807, 2.05) is 26.0 Å². The monoisotopic (exact) mass is 461 g/mol. The molecule has 3 heterocycles. The third kappa shape index (κ3) is 4.83. The molecule has 9 nitrogen and oxygen atoms in total. The lowest BCUT2D eigenvalue weighted by atomic mass is 10.1. The van der Waals surface area contributed by atoms with Crippen molar-refractivity contribution in [1.29, 1.82) is 0 Å². The van der Waals surface area contributed by atoms with Crippen LogP contribution in [0, 0.1) is 13.8 Å². The normalized spacial score (nSPS) is 11.9. The number of nitrogens with one attached hydrogen (secondary N) is 1. The van der Waals surface area contributed by atoms with Gasteiger partial charge in [-0.05, 0) is 49.7 Å². The molecule has 2 aromatic carbocycles. The summed E-state index contributed by atoms with van der Waals surface area (Å²) in [4.78, 5) is 12.6. The zero-order valence-corrected chi connectivity index (χ0v) is 18.7. The first-order valence-electron chi connectivity index (χ1n) is 10.7. The summed E-state index contributed by atoms with van der Waals surface area (Å²) in [6, 6.07) is 14.6. The Balaban J connectivity index is 1.13. The quantitative estimate of drug-likeness (QED) is 0.407. The maximum atomic E-state index is 12.6. The van der Waals surface area contributed by atoms with Gasteiger partial charge in [-0.25, -0.2) is 4.68 Å². The summed E-state index contributed by atoms with van der Waals surface area (Å²) in [5.74, 6) is 3.02. The first-order chi connectivity index (χ1) is 16.5. The minimum atomic E-state index is -0.385. The smallest absolute Gasteiger partial charge is 0.291 e. The summed E-state index contributed by atoms with van der Waals surface area (Å²) in [5.41, 5.74) is 2.76. The molecule has 0 atom stereocenters. The Morgan fingerprint density at radius 3 is 2.82 bits per heavy atom. The predicted octanol–water partition coefficient (Wildman–Crippen LogP) is 4.69. The summed E-state index contributed by atoms with van der Waals surface area (Å²) in [5, 5.41) is 6.99. The SMILES string of the molecule is Cc1ccc(OCn2cc(NC(=O)c3ccc(COc4ccc5c(c4)OCO5)o3)cn2)c(C)c1. The number of carbonyl (C=O) groups is 1. The van der Waals surface area contributed by atoms with Gasteiger partial charge in [-0.3, -0.25) is 4.79 Å². The van der Waals surface area contributed by atoms with Gasteiger partial charge in [0.1, 0.15) is 23.9 Å². The topological polar surface area (TPSA) is 97.0 Å². The molecule has 5 rings (SSSR count). The zero-order valence-electron chi connectivity index (χ0n) is 18.7. The summed E-state index contributed by atoms with van der Waals surface area (Å²) < 4.78 is 29.4. The van der Waals surface area contributed by atoms with E-state index >= 15 is 0 Å². The Bertz CT molecular complexity index is 1330. The number of carbonyl (C=O) groups excluding carboxylic acids is 1. The van der Waals surface area contributed by atoms with Gasteiger partial charge in [0.15, 0.2) is 24.0 Å². The molecule has 1 amide bonds. The number of ether oxygens (including phenoxy) is 4. The Morgan fingerprint density at radius 1 is 1.06 bits per heavy atom. The number of furan rings is 1. The van der Waals surface area contributed by atoms with Crippen LogP contribution in [-0.2, 0) is 13.3 Å². The molecule has 0 bridgehead atoms. The molecule has 0 saturated heterocycles. The summed E-state index contributed by atoms with van der Waals surface area (Å²) in [6.45, 7) is 4.62. The van der Waals surface area contributed by atoms with Crippen molar-refractivity contribution in [2.45, 2.75) is 27.2 Å². The van der Waals surface area contributed by atoms with E-state index in [0.29, 0.717) is 28.7 Å². The molecule has 0 radical (unpaired) electrons. The van der Waals surface area contributed by atoms with Gasteiger partial charge in [0.2, 0.25) is 6.79 Å². The molecule has 0 aliphatic carbocycles. The minimum absolute atomic E-state index is 0.167. The Labute approximate surface area is 195 Å². The first kappa shape index (κ1) is 21.4. The molecule has 0 saturated carbocycles. The van der Waals surface area contributed by atoms with E-state index in [1.165, 1.54) is 5.56 Å². The Morgan fingerprint density at radius 2 is 1.94 bits per heavy atom. The summed E-state index contributed by atoms with van der Waals surface area (Å²) >= 11 is 0. The molecule has 1 N–H and O–H groups in total. The van der Waals surface area contributed by atoms with Crippen LogP contribution in [0.1, 0.15) is 27.4 Å². The number of nitrogens with zero attached hydrogens (tertiary/aromatic N) is 2. The van der Waals surface area contributed by atoms with Crippen molar-refractivity contribution in [2.75, 3.05) is 12.1 Å². The number of rotatable bonds is 8. The van der Waals surface area contributed by atoms with Gasteiger partial charge in [-0.15, -0.1) is 0 Å². The van der Waals surface area contributed by atoms with E-state index < -0.39 is 0 Å². The highest BCUT2D eigenvalue weighted by Crippen LogP contribution is 2.35. The molecule has 0 fully saturated rings. The lowest BCUT2D eigenvalue weighted by Gasteiger charge is -2.09. The minimum Gasteiger partial charge on any atom is -0.486 e. The van der Waals surface area contributed by atoms with Crippen LogP contribution in [0.15, 0.2) is 65.3 Å². The molecule has 1 aliphatic heterocycles. The van der Waals surface area contributed by atoms with Gasteiger partial charge in [-0.1, -0.05) is 17.7 Å². The van der Waals surface area contributed by atoms with E-state index in [9.17, 15) is 4.79 Å². The fourth-order valence-corrected chi connectivity index (χ4v) is 3.49. The van der Waals surface area contributed by atoms with Crippen molar-refractivity contribution in [3.63, 3.8) is 0 Å². The number of hydrogen-bond donors (Lipinski definition) is 1.